The lowest BCUT2D eigenvalue weighted by Crippen LogP contribution is -2.41. The number of carbonyl (C=O) groups is 1. The van der Waals surface area contributed by atoms with Crippen molar-refractivity contribution in [2.24, 2.45) is 0 Å². The molecule has 3 rings (SSSR count). The summed E-state index contributed by atoms with van der Waals surface area (Å²) in [6.45, 7) is 3.41. The van der Waals surface area contributed by atoms with E-state index in [1.807, 2.05) is 36.1 Å². The predicted octanol–water partition coefficient (Wildman–Crippen LogP) is 3.16. The minimum Gasteiger partial charge on any atom is -0.483 e. The number of piperidine rings is 1. The van der Waals surface area contributed by atoms with E-state index in [4.69, 9.17) is 16.3 Å². The third-order valence-corrected chi connectivity index (χ3v) is 4.71. The van der Waals surface area contributed by atoms with Gasteiger partial charge in [-0.25, -0.2) is 0 Å². The van der Waals surface area contributed by atoms with Crippen molar-refractivity contribution in [2.45, 2.75) is 25.7 Å². The molecule has 1 aliphatic rings. The van der Waals surface area contributed by atoms with Crippen LogP contribution in [0.3, 0.4) is 0 Å². The predicted molar refractivity (Wildman–Crippen MR) is 88.8 cm³/mol. The van der Waals surface area contributed by atoms with E-state index in [0.29, 0.717) is 23.2 Å². The fourth-order valence-corrected chi connectivity index (χ4v) is 3.09. The molecule has 0 aliphatic carbocycles. The first kappa shape index (κ1) is 15.9. The molecule has 1 aromatic heterocycles. The smallest absolute Gasteiger partial charge is 0.260 e. The van der Waals surface area contributed by atoms with Gasteiger partial charge in [0.25, 0.3) is 5.91 Å². The van der Waals surface area contributed by atoms with Gasteiger partial charge in [0.15, 0.2) is 6.61 Å². The molecule has 0 radical (unpaired) electrons. The monoisotopic (exact) mass is 333 g/mol. The molecule has 1 saturated heterocycles. The topological polar surface area (TPSA) is 58.2 Å². The minimum atomic E-state index is 0.00795. The zero-order valence-electron chi connectivity index (χ0n) is 13.1. The van der Waals surface area contributed by atoms with Crippen molar-refractivity contribution in [3.63, 3.8) is 0 Å². The van der Waals surface area contributed by atoms with Gasteiger partial charge in [-0.15, -0.1) is 0 Å². The van der Waals surface area contributed by atoms with E-state index in [0.717, 1.165) is 30.6 Å². The lowest BCUT2D eigenvalue weighted by atomic mass is 9.95. The second-order valence-corrected chi connectivity index (χ2v) is 6.25. The van der Waals surface area contributed by atoms with E-state index >= 15 is 0 Å². The maximum Gasteiger partial charge on any atom is 0.260 e. The quantitative estimate of drug-likeness (QED) is 0.935. The van der Waals surface area contributed by atoms with Gasteiger partial charge in [-0.05, 0) is 38.0 Å². The van der Waals surface area contributed by atoms with Gasteiger partial charge in [-0.2, -0.15) is 5.10 Å². The number of carbonyl (C=O) groups excluding carboxylic acids is 1. The highest BCUT2D eigenvalue weighted by Gasteiger charge is 2.25. The van der Waals surface area contributed by atoms with E-state index in [-0.39, 0.29) is 12.5 Å². The number of aromatic nitrogens is 2. The van der Waals surface area contributed by atoms with E-state index in [9.17, 15) is 4.79 Å². The van der Waals surface area contributed by atoms with Crippen LogP contribution in [-0.4, -0.2) is 40.7 Å². The van der Waals surface area contributed by atoms with Crippen LogP contribution in [-0.2, 0) is 4.79 Å². The number of rotatable bonds is 4. The molecule has 0 spiro atoms. The average molecular weight is 334 g/mol. The van der Waals surface area contributed by atoms with Crippen LogP contribution in [0.5, 0.6) is 5.75 Å². The standard InChI is InChI=1S/C17H20ClN3O2/c1-12-14(18)5-2-6-16(12)23-11-17(22)21-9-3-4-13(10-21)15-7-8-19-20-15/h2,5-8,13H,3-4,9-11H2,1H3,(H,19,20)/t13-/m0/s1. The van der Waals surface area contributed by atoms with Crippen LogP contribution < -0.4 is 4.74 Å². The number of benzene rings is 1. The van der Waals surface area contributed by atoms with Crippen molar-refractivity contribution >= 4 is 17.5 Å². The molecule has 23 heavy (non-hydrogen) atoms. The van der Waals surface area contributed by atoms with Gasteiger partial charge in [0.1, 0.15) is 5.75 Å². The largest absolute Gasteiger partial charge is 0.483 e. The first-order valence-electron chi connectivity index (χ1n) is 7.80. The number of H-pyrrole nitrogens is 1. The lowest BCUT2D eigenvalue weighted by molar-refractivity contribution is -0.134. The molecule has 1 aromatic carbocycles. The van der Waals surface area contributed by atoms with Crippen LogP contribution >= 0.6 is 11.6 Å². The normalized spacial score (nSPS) is 18.0. The molecular formula is C17H20ClN3O2. The Morgan fingerprint density at radius 2 is 2.35 bits per heavy atom. The van der Waals surface area contributed by atoms with E-state index in [1.165, 1.54) is 0 Å². The van der Waals surface area contributed by atoms with Crippen LogP contribution in [0.15, 0.2) is 30.5 Å². The minimum absolute atomic E-state index is 0.00795. The summed E-state index contributed by atoms with van der Waals surface area (Å²) in [4.78, 5) is 14.3. The highest BCUT2D eigenvalue weighted by atomic mass is 35.5. The number of amides is 1. The maximum atomic E-state index is 12.4. The molecule has 0 unspecified atom stereocenters. The first-order chi connectivity index (χ1) is 11.1. The maximum absolute atomic E-state index is 12.4. The van der Waals surface area contributed by atoms with Gasteiger partial charge in [0.05, 0.1) is 0 Å². The average Bonchev–Trinajstić information content (AvgIpc) is 3.10. The highest BCUT2D eigenvalue weighted by molar-refractivity contribution is 6.31. The highest BCUT2D eigenvalue weighted by Crippen LogP contribution is 2.27. The summed E-state index contributed by atoms with van der Waals surface area (Å²) in [6.07, 6.45) is 3.81. The Balaban J connectivity index is 1.58. The van der Waals surface area contributed by atoms with E-state index in [2.05, 4.69) is 10.2 Å². The summed E-state index contributed by atoms with van der Waals surface area (Å²) < 4.78 is 5.66. The number of likely N-dealkylation sites (tertiary alicyclic amines) is 1. The molecule has 5 nitrogen and oxygen atoms in total. The number of nitrogens with zero attached hydrogens (tertiary/aromatic N) is 2. The molecule has 1 fully saturated rings. The van der Waals surface area contributed by atoms with Gasteiger partial charge in [-0.1, -0.05) is 17.7 Å². The number of halogens is 1. The SMILES string of the molecule is Cc1c(Cl)cccc1OCC(=O)N1CCC[C@H](c2ccn[nH]2)C1. The van der Waals surface area contributed by atoms with Crippen LogP contribution in [0.4, 0.5) is 0 Å². The molecule has 1 N–H and O–H groups in total. The zero-order valence-corrected chi connectivity index (χ0v) is 13.8. The van der Waals surface area contributed by atoms with Gasteiger partial charge in [0.2, 0.25) is 0 Å². The Morgan fingerprint density at radius 1 is 1.48 bits per heavy atom. The third-order valence-electron chi connectivity index (χ3n) is 4.31. The number of aromatic amines is 1. The number of hydrogen-bond donors (Lipinski definition) is 1. The fourth-order valence-electron chi connectivity index (χ4n) is 2.93. The second-order valence-electron chi connectivity index (χ2n) is 5.84. The fraction of sp³-hybridized carbons (Fsp3) is 0.412. The summed E-state index contributed by atoms with van der Waals surface area (Å²) >= 11 is 6.07. The van der Waals surface area contributed by atoms with Crippen molar-refractivity contribution in [1.29, 1.82) is 0 Å². The summed E-state index contributed by atoms with van der Waals surface area (Å²) in [6, 6.07) is 7.44. The van der Waals surface area contributed by atoms with Crippen molar-refractivity contribution in [2.75, 3.05) is 19.7 Å². The summed E-state index contributed by atoms with van der Waals surface area (Å²) in [5.41, 5.74) is 1.95. The van der Waals surface area contributed by atoms with Crippen LogP contribution in [0.2, 0.25) is 5.02 Å². The Kier molecular flexibility index (Phi) is 4.86. The third kappa shape index (κ3) is 3.67. The summed E-state index contributed by atoms with van der Waals surface area (Å²) in [7, 11) is 0. The molecule has 0 bridgehead atoms. The molecule has 6 heteroatoms. The van der Waals surface area contributed by atoms with Gasteiger partial charge in [0, 0.05) is 41.5 Å². The molecule has 122 valence electrons. The Morgan fingerprint density at radius 3 is 3.13 bits per heavy atom. The van der Waals surface area contributed by atoms with Gasteiger partial charge in [-0.3, -0.25) is 9.89 Å². The van der Waals surface area contributed by atoms with Crippen molar-refractivity contribution in [3.05, 3.63) is 46.7 Å². The Labute approximate surface area is 140 Å². The molecule has 1 atom stereocenters. The molecular weight excluding hydrogens is 314 g/mol. The van der Waals surface area contributed by atoms with E-state index < -0.39 is 0 Å². The molecule has 1 aliphatic heterocycles. The van der Waals surface area contributed by atoms with Crippen molar-refractivity contribution in [1.82, 2.24) is 15.1 Å². The van der Waals surface area contributed by atoms with Crippen molar-refractivity contribution in [3.8, 4) is 5.75 Å². The van der Waals surface area contributed by atoms with Crippen LogP contribution in [0.1, 0.15) is 30.0 Å². The number of nitrogens with one attached hydrogen (secondary N) is 1. The summed E-state index contributed by atoms with van der Waals surface area (Å²) in [5.74, 6) is 0.990. The molecule has 2 aromatic rings. The Bertz CT molecular complexity index is 672. The number of ether oxygens (including phenoxy) is 1. The first-order valence-corrected chi connectivity index (χ1v) is 8.18. The van der Waals surface area contributed by atoms with Gasteiger partial charge < -0.3 is 9.64 Å². The van der Waals surface area contributed by atoms with Crippen LogP contribution in [0.25, 0.3) is 0 Å². The zero-order chi connectivity index (χ0) is 16.2. The molecule has 1 amide bonds. The van der Waals surface area contributed by atoms with Crippen LogP contribution in [0, 0.1) is 6.92 Å². The molecule has 0 saturated carbocycles. The number of hydrogen-bond acceptors (Lipinski definition) is 3. The molecule has 2 heterocycles. The van der Waals surface area contributed by atoms with Gasteiger partial charge >= 0.3 is 0 Å². The Hall–Kier alpha value is -2.01. The van der Waals surface area contributed by atoms with E-state index in [1.54, 1.807) is 6.20 Å². The summed E-state index contributed by atoms with van der Waals surface area (Å²) in [5, 5.41) is 7.65. The second kappa shape index (κ2) is 7.04. The lowest BCUT2D eigenvalue weighted by Gasteiger charge is -2.32. The van der Waals surface area contributed by atoms with Crippen molar-refractivity contribution < 1.29 is 9.53 Å².